The van der Waals surface area contributed by atoms with Crippen LogP contribution in [0.25, 0.3) is 0 Å². The maximum atomic E-state index is 10.7. The van der Waals surface area contributed by atoms with E-state index in [1.165, 1.54) is 7.05 Å². The number of carboxylic acid groups (broad SMARTS) is 1. The molecule has 0 radical (unpaired) electrons. The Morgan fingerprint density at radius 1 is 1.55 bits per heavy atom. The van der Waals surface area contributed by atoms with Gasteiger partial charge in [0.2, 0.25) is 5.91 Å². The highest BCUT2D eigenvalue weighted by atomic mass is 16.4. The molecule has 0 spiro atoms. The van der Waals surface area contributed by atoms with Gasteiger partial charge in [-0.3, -0.25) is 4.79 Å². The van der Waals surface area contributed by atoms with Gasteiger partial charge in [0, 0.05) is 18.7 Å². The predicted octanol–water partition coefficient (Wildman–Crippen LogP) is -1.26. The second-order valence-corrected chi connectivity index (χ2v) is 1.75. The van der Waals surface area contributed by atoms with Crippen molar-refractivity contribution in [1.82, 2.24) is 5.32 Å². The molecule has 3 N–H and O–H groups in total. The molecular weight excluding hydrogens is 150 g/mol. The molecule has 62 valence electrons. The Balaban J connectivity index is 4.39. The van der Waals surface area contributed by atoms with E-state index in [1.54, 1.807) is 0 Å². The Morgan fingerprint density at radius 3 is 2.36 bits per heavy atom. The van der Waals surface area contributed by atoms with E-state index in [-0.39, 0.29) is 5.57 Å². The van der Waals surface area contributed by atoms with Gasteiger partial charge >= 0.3 is 5.97 Å². The predicted molar refractivity (Wildman–Crippen MR) is 36.9 cm³/mol. The summed E-state index contributed by atoms with van der Waals surface area (Å²) in [6.45, 7) is -0.577. The van der Waals surface area contributed by atoms with Crippen molar-refractivity contribution in [3.63, 3.8) is 0 Å². The van der Waals surface area contributed by atoms with Crippen LogP contribution in [0.5, 0.6) is 0 Å². The molecule has 5 nitrogen and oxygen atoms in total. The van der Waals surface area contributed by atoms with Crippen LogP contribution < -0.4 is 5.32 Å². The van der Waals surface area contributed by atoms with Gasteiger partial charge in [-0.2, -0.15) is 0 Å². The maximum Gasteiger partial charge on any atom is 0.328 e. The average Bonchev–Trinajstić information content (AvgIpc) is 1.98. The number of carbonyl (C=O) groups excluding carboxylic acids is 1. The van der Waals surface area contributed by atoms with E-state index in [0.717, 1.165) is 0 Å². The van der Waals surface area contributed by atoms with E-state index in [0.29, 0.717) is 6.08 Å². The average molecular weight is 159 g/mol. The fraction of sp³-hybridized carbons (Fsp3) is 0.333. The number of aliphatic hydroxyl groups is 1. The topological polar surface area (TPSA) is 86.6 Å². The molecule has 0 heterocycles. The van der Waals surface area contributed by atoms with Crippen LogP contribution in [0.4, 0.5) is 0 Å². The number of aliphatic hydroxyl groups excluding tert-OH is 1. The molecule has 0 unspecified atom stereocenters. The van der Waals surface area contributed by atoms with Crippen LogP contribution >= 0.6 is 0 Å². The zero-order valence-electron chi connectivity index (χ0n) is 6.00. The zero-order chi connectivity index (χ0) is 8.85. The van der Waals surface area contributed by atoms with Gasteiger partial charge in [-0.05, 0) is 0 Å². The largest absolute Gasteiger partial charge is 0.478 e. The van der Waals surface area contributed by atoms with Crippen LogP contribution in [0.1, 0.15) is 0 Å². The fourth-order valence-corrected chi connectivity index (χ4v) is 0.493. The Kier molecular flexibility index (Phi) is 3.90. The van der Waals surface area contributed by atoms with Crippen LogP contribution in [-0.4, -0.2) is 35.7 Å². The summed E-state index contributed by atoms with van der Waals surface area (Å²) in [4.78, 5) is 20.7. The highest BCUT2D eigenvalue weighted by Crippen LogP contribution is 1.91. The molecule has 11 heavy (non-hydrogen) atoms. The lowest BCUT2D eigenvalue weighted by atomic mass is 10.2. The van der Waals surface area contributed by atoms with Crippen LogP contribution in [-0.2, 0) is 9.59 Å². The lowest BCUT2D eigenvalue weighted by Crippen LogP contribution is -2.22. The molecule has 1 amide bonds. The standard InChI is InChI=1S/C6H9NO4/c1-7-6(11)4(3-8)2-5(9)10/h2,8H,3H2,1H3,(H,7,11)(H,9,10). The first-order valence-corrected chi connectivity index (χ1v) is 2.88. The van der Waals surface area contributed by atoms with Crippen LogP contribution in [0.15, 0.2) is 11.6 Å². The van der Waals surface area contributed by atoms with Crippen LogP contribution in [0, 0.1) is 0 Å². The Morgan fingerprint density at radius 2 is 2.09 bits per heavy atom. The van der Waals surface area contributed by atoms with Gasteiger partial charge in [-0.15, -0.1) is 0 Å². The van der Waals surface area contributed by atoms with E-state index in [2.05, 4.69) is 5.32 Å². The summed E-state index contributed by atoms with van der Waals surface area (Å²) < 4.78 is 0. The minimum atomic E-state index is -1.25. The number of nitrogens with one attached hydrogen (secondary N) is 1. The molecule has 0 saturated heterocycles. The van der Waals surface area contributed by atoms with Gasteiger partial charge < -0.3 is 15.5 Å². The normalized spacial score (nSPS) is 10.9. The number of amides is 1. The summed E-state index contributed by atoms with van der Waals surface area (Å²) in [7, 11) is 1.35. The van der Waals surface area contributed by atoms with Crippen LogP contribution in [0.3, 0.4) is 0 Å². The van der Waals surface area contributed by atoms with Gasteiger partial charge in [0.1, 0.15) is 0 Å². The van der Waals surface area contributed by atoms with E-state index >= 15 is 0 Å². The third-order valence-electron chi connectivity index (χ3n) is 0.987. The van der Waals surface area contributed by atoms with Gasteiger partial charge in [0.05, 0.1) is 6.61 Å². The van der Waals surface area contributed by atoms with Crippen molar-refractivity contribution in [3.05, 3.63) is 11.6 Å². The smallest absolute Gasteiger partial charge is 0.328 e. The molecule has 0 fully saturated rings. The molecule has 0 aromatic carbocycles. The molecule has 0 saturated carbocycles. The SMILES string of the molecule is CNC(=O)C(=CC(=O)O)CO. The molecule has 0 aromatic rings. The van der Waals surface area contributed by atoms with Gasteiger partial charge in [-0.25, -0.2) is 4.79 Å². The van der Waals surface area contributed by atoms with Crippen molar-refractivity contribution in [2.45, 2.75) is 0 Å². The molecule has 0 aromatic heterocycles. The Bertz CT molecular complexity index is 197. The van der Waals surface area contributed by atoms with Crippen molar-refractivity contribution >= 4 is 11.9 Å². The Labute approximate surface area is 63.3 Å². The summed E-state index contributed by atoms with van der Waals surface area (Å²) in [6.07, 6.45) is 0.666. The summed E-state index contributed by atoms with van der Waals surface area (Å²) >= 11 is 0. The summed E-state index contributed by atoms with van der Waals surface area (Å²) in [5, 5.41) is 18.9. The van der Waals surface area contributed by atoms with E-state index in [1.807, 2.05) is 0 Å². The second-order valence-electron chi connectivity index (χ2n) is 1.75. The number of carbonyl (C=O) groups is 2. The molecule has 0 aliphatic carbocycles. The first kappa shape index (κ1) is 9.64. The lowest BCUT2D eigenvalue weighted by molar-refractivity contribution is -0.132. The highest BCUT2D eigenvalue weighted by Gasteiger charge is 2.06. The maximum absolute atomic E-state index is 10.7. The number of hydrogen-bond donors (Lipinski definition) is 3. The fourth-order valence-electron chi connectivity index (χ4n) is 0.493. The monoisotopic (exact) mass is 159 g/mol. The summed E-state index contributed by atoms with van der Waals surface area (Å²) in [6, 6.07) is 0. The molecule has 0 bridgehead atoms. The van der Waals surface area contributed by atoms with E-state index in [9.17, 15) is 9.59 Å². The highest BCUT2D eigenvalue weighted by molar-refractivity contribution is 5.98. The Hall–Kier alpha value is -1.36. The molecule has 5 heteroatoms. The van der Waals surface area contributed by atoms with Crippen molar-refractivity contribution in [2.75, 3.05) is 13.7 Å². The minimum absolute atomic E-state index is 0.167. The summed E-state index contributed by atoms with van der Waals surface area (Å²) in [5.41, 5.74) is -0.167. The first-order valence-electron chi connectivity index (χ1n) is 2.88. The number of rotatable bonds is 3. The van der Waals surface area contributed by atoms with Crippen molar-refractivity contribution < 1.29 is 19.8 Å². The number of carboxylic acids is 1. The molecule has 0 rings (SSSR count). The zero-order valence-corrected chi connectivity index (χ0v) is 6.00. The van der Waals surface area contributed by atoms with Crippen molar-refractivity contribution in [2.24, 2.45) is 0 Å². The van der Waals surface area contributed by atoms with E-state index in [4.69, 9.17) is 10.2 Å². The second kappa shape index (κ2) is 4.45. The van der Waals surface area contributed by atoms with Crippen molar-refractivity contribution in [1.29, 1.82) is 0 Å². The third-order valence-corrected chi connectivity index (χ3v) is 0.987. The van der Waals surface area contributed by atoms with Gasteiger partial charge in [0.15, 0.2) is 0 Å². The molecule has 0 aliphatic heterocycles. The number of aliphatic carboxylic acids is 1. The molecular formula is C6H9NO4. The minimum Gasteiger partial charge on any atom is -0.478 e. The van der Waals surface area contributed by atoms with Gasteiger partial charge in [0.25, 0.3) is 0 Å². The number of likely N-dealkylation sites (N-methyl/N-ethyl adjacent to an activating group) is 1. The van der Waals surface area contributed by atoms with Crippen molar-refractivity contribution in [3.8, 4) is 0 Å². The first-order chi connectivity index (χ1) is 5.11. The number of hydrogen-bond acceptors (Lipinski definition) is 3. The van der Waals surface area contributed by atoms with Gasteiger partial charge in [-0.1, -0.05) is 0 Å². The lowest BCUT2D eigenvalue weighted by Gasteiger charge is -1.98. The third kappa shape index (κ3) is 3.36. The molecule has 0 atom stereocenters. The van der Waals surface area contributed by atoms with Crippen LogP contribution in [0.2, 0.25) is 0 Å². The molecule has 0 aliphatic rings. The quantitative estimate of drug-likeness (QED) is 0.448. The summed E-state index contributed by atoms with van der Waals surface area (Å²) in [5.74, 6) is -1.84. The van der Waals surface area contributed by atoms with E-state index < -0.39 is 18.5 Å².